The Hall–Kier alpha value is -2.22. The normalized spacial score (nSPS) is 25.0. The molecule has 8 heteroatoms. The average Bonchev–Trinajstić information content (AvgIpc) is 2.63. The van der Waals surface area contributed by atoms with E-state index in [1.54, 1.807) is 19.1 Å². The van der Waals surface area contributed by atoms with Gasteiger partial charge in [-0.15, -0.1) is 0 Å². The number of urea groups is 1. The van der Waals surface area contributed by atoms with Gasteiger partial charge in [-0.25, -0.2) is 9.59 Å². The Balaban J connectivity index is 1.93. The summed E-state index contributed by atoms with van der Waals surface area (Å²) >= 11 is 3.29. The molecule has 1 aliphatic heterocycles. The van der Waals surface area contributed by atoms with Gasteiger partial charge in [0.15, 0.2) is 11.5 Å². The number of hydrogen-bond donors (Lipinski definition) is 3. The third-order valence-corrected chi connectivity index (χ3v) is 5.86. The Bertz CT molecular complexity index is 823. The molecule has 0 aromatic heterocycles. The van der Waals surface area contributed by atoms with Gasteiger partial charge in [0.25, 0.3) is 0 Å². The lowest BCUT2D eigenvalue weighted by molar-refractivity contribution is -0.146. The van der Waals surface area contributed by atoms with Gasteiger partial charge in [-0.2, -0.15) is 0 Å². The minimum Gasteiger partial charge on any atom is -0.503 e. The highest BCUT2D eigenvalue weighted by atomic mass is 79.9. The number of halogens is 1. The lowest BCUT2D eigenvalue weighted by atomic mass is 9.88. The highest BCUT2D eigenvalue weighted by Gasteiger charge is 2.34. The number of nitrogens with one attached hydrogen (secondary N) is 2. The predicted molar refractivity (Wildman–Crippen MR) is 107 cm³/mol. The molecule has 3 N–H and O–H groups in total. The van der Waals surface area contributed by atoms with Gasteiger partial charge in [-0.1, -0.05) is 13.3 Å². The van der Waals surface area contributed by atoms with Crippen molar-refractivity contribution < 1.29 is 24.2 Å². The van der Waals surface area contributed by atoms with Crippen molar-refractivity contribution in [3.8, 4) is 11.5 Å². The second kappa shape index (κ2) is 8.43. The summed E-state index contributed by atoms with van der Waals surface area (Å²) in [5, 5.41) is 15.5. The average molecular weight is 453 g/mol. The number of benzene rings is 1. The number of ether oxygens (including phenoxy) is 2. The number of carbonyl (C=O) groups excluding carboxylic acids is 2. The Morgan fingerprint density at radius 1 is 1.32 bits per heavy atom. The predicted octanol–water partition coefficient (Wildman–Crippen LogP) is 3.91. The molecular weight excluding hydrogens is 428 g/mol. The van der Waals surface area contributed by atoms with E-state index >= 15 is 0 Å². The molecule has 152 valence electrons. The summed E-state index contributed by atoms with van der Waals surface area (Å²) < 4.78 is 11.4. The van der Waals surface area contributed by atoms with E-state index in [-0.39, 0.29) is 17.6 Å². The van der Waals surface area contributed by atoms with Crippen LogP contribution in [0.2, 0.25) is 0 Å². The van der Waals surface area contributed by atoms with Crippen LogP contribution in [0.15, 0.2) is 27.9 Å². The van der Waals surface area contributed by atoms with Crippen LogP contribution in [0.3, 0.4) is 0 Å². The summed E-state index contributed by atoms with van der Waals surface area (Å²) in [5.41, 5.74) is 1.39. The van der Waals surface area contributed by atoms with Gasteiger partial charge in [-0.05, 0) is 65.7 Å². The number of hydrogen-bond acceptors (Lipinski definition) is 5. The standard InChI is InChI=1S/C20H25BrN2O5/c1-10-5-4-6-13(7-10)28-19(25)16-11(2)22-20(26)23-17(16)12-8-14(21)18(24)15(9-12)27-3/h8-10,13,17,24H,4-7H2,1-3H3,(H2,22,23,26)/t10-,13+,17+/m0/s1. The zero-order valence-electron chi connectivity index (χ0n) is 16.2. The maximum atomic E-state index is 13.0. The number of methoxy groups -OCH3 is 1. The molecule has 2 aliphatic rings. The summed E-state index contributed by atoms with van der Waals surface area (Å²) in [4.78, 5) is 25.1. The lowest BCUT2D eigenvalue weighted by Crippen LogP contribution is -2.45. The van der Waals surface area contributed by atoms with Gasteiger partial charge in [0.05, 0.1) is 23.2 Å². The smallest absolute Gasteiger partial charge is 0.338 e. The molecule has 0 bridgehead atoms. The number of allylic oxidation sites excluding steroid dienone is 1. The molecule has 3 rings (SSSR count). The molecule has 1 aromatic carbocycles. The molecule has 1 aliphatic carbocycles. The summed E-state index contributed by atoms with van der Waals surface area (Å²) in [5.74, 6) is 0.271. The van der Waals surface area contributed by atoms with Crippen molar-refractivity contribution >= 4 is 27.9 Å². The molecule has 7 nitrogen and oxygen atoms in total. The minimum absolute atomic E-state index is 0.0486. The Labute approximate surface area is 172 Å². The Kier molecular flexibility index (Phi) is 6.17. The van der Waals surface area contributed by atoms with Crippen molar-refractivity contribution in [2.75, 3.05) is 7.11 Å². The van der Waals surface area contributed by atoms with Crippen LogP contribution >= 0.6 is 15.9 Å². The summed E-state index contributed by atoms with van der Waals surface area (Å²) in [6.45, 7) is 3.84. The Morgan fingerprint density at radius 2 is 2.07 bits per heavy atom. The molecule has 0 spiro atoms. The third kappa shape index (κ3) is 4.27. The largest absolute Gasteiger partial charge is 0.503 e. The van der Waals surface area contributed by atoms with Crippen molar-refractivity contribution in [2.24, 2.45) is 5.92 Å². The summed E-state index contributed by atoms with van der Waals surface area (Å²) in [6, 6.07) is 2.12. The molecule has 1 heterocycles. The van der Waals surface area contributed by atoms with Crippen LogP contribution < -0.4 is 15.4 Å². The lowest BCUT2D eigenvalue weighted by Gasteiger charge is -2.31. The van der Waals surface area contributed by atoms with E-state index < -0.39 is 18.0 Å². The fourth-order valence-corrected chi connectivity index (χ4v) is 4.29. The molecular formula is C20H25BrN2O5. The van der Waals surface area contributed by atoms with E-state index in [0.29, 0.717) is 27.2 Å². The highest BCUT2D eigenvalue weighted by Crippen LogP contribution is 2.39. The first kappa shape index (κ1) is 20.5. The zero-order chi connectivity index (χ0) is 20.4. The van der Waals surface area contributed by atoms with Crippen molar-refractivity contribution in [3.05, 3.63) is 33.4 Å². The first-order valence-electron chi connectivity index (χ1n) is 9.35. The van der Waals surface area contributed by atoms with Gasteiger partial charge in [-0.3, -0.25) is 0 Å². The second-order valence-corrected chi connectivity index (χ2v) is 8.28. The molecule has 1 saturated carbocycles. The van der Waals surface area contributed by atoms with Gasteiger partial charge in [0.1, 0.15) is 6.10 Å². The van der Waals surface area contributed by atoms with Gasteiger partial charge < -0.3 is 25.2 Å². The minimum atomic E-state index is -0.715. The van der Waals surface area contributed by atoms with Crippen LogP contribution in [0.5, 0.6) is 11.5 Å². The quantitative estimate of drug-likeness (QED) is 0.601. The molecule has 0 unspecified atom stereocenters. The fraction of sp³-hybridized carbons (Fsp3) is 0.500. The van der Waals surface area contributed by atoms with Crippen LogP contribution in [-0.4, -0.2) is 30.3 Å². The SMILES string of the molecule is COc1cc([C@H]2NC(=O)NC(C)=C2C(=O)O[C@@H]2CCC[C@H](C)C2)cc(Br)c1O. The van der Waals surface area contributed by atoms with Gasteiger partial charge in [0, 0.05) is 5.70 Å². The van der Waals surface area contributed by atoms with E-state index in [0.717, 1.165) is 25.7 Å². The zero-order valence-corrected chi connectivity index (χ0v) is 17.8. The van der Waals surface area contributed by atoms with Gasteiger partial charge in [0.2, 0.25) is 0 Å². The van der Waals surface area contributed by atoms with Crippen molar-refractivity contribution in [3.63, 3.8) is 0 Å². The molecule has 1 aromatic rings. The summed E-state index contributed by atoms with van der Waals surface area (Å²) in [6.07, 6.45) is 3.78. The molecule has 0 radical (unpaired) electrons. The number of aromatic hydroxyl groups is 1. The van der Waals surface area contributed by atoms with Crippen LogP contribution in [-0.2, 0) is 9.53 Å². The number of phenolic OH excluding ortho intramolecular Hbond substituents is 1. The van der Waals surface area contributed by atoms with E-state index in [1.165, 1.54) is 7.11 Å². The van der Waals surface area contributed by atoms with Crippen molar-refractivity contribution in [1.82, 2.24) is 10.6 Å². The number of carbonyl (C=O) groups is 2. The first-order chi connectivity index (χ1) is 13.3. The van der Waals surface area contributed by atoms with E-state index in [9.17, 15) is 14.7 Å². The third-order valence-electron chi connectivity index (χ3n) is 5.26. The van der Waals surface area contributed by atoms with Crippen LogP contribution in [0.1, 0.15) is 51.1 Å². The molecule has 0 saturated heterocycles. The molecule has 3 atom stereocenters. The number of esters is 1. The van der Waals surface area contributed by atoms with Crippen molar-refractivity contribution in [1.29, 1.82) is 0 Å². The number of amides is 2. The van der Waals surface area contributed by atoms with E-state index in [2.05, 4.69) is 33.5 Å². The second-order valence-electron chi connectivity index (χ2n) is 7.42. The van der Waals surface area contributed by atoms with E-state index in [1.807, 2.05) is 0 Å². The maximum Gasteiger partial charge on any atom is 0.338 e. The number of phenols is 1. The molecule has 28 heavy (non-hydrogen) atoms. The summed E-state index contributed by atoms with van der Waals surface area (Å²) in [7, 11) is 1.44. The molecule has 2 amide bonds. The number of rotatable bonds is 4. The van der Waals surface area contributed by atoms with Crippen LogP contribution in [0.25, 0.3) is 0 Å². The monoisotopic (exact) mass is 452 g/mol. The maximum absolute atomic E-state index is 13.0. The van der Waals surface area contributed by atoms with Gasteiger partial charge >= 0.3 is 12.0 Å². The fourth-order valence-electron chi connectivity index (χ4n) is 3.83. The van der Waals surface area contributed by atoms with Crippen LogP contribution in [0.4, 0.5) is 4.79 Å². The van der Waals surface area contributed by atoms with Crippen LogP contribution in [0, 0.1) is 5.92 Å². The first-order valence-corrected chi connectivity index (χ1v) is 10.1. The highest BCUT2D eigenvalue weighted by molar-refractivity contribution is 9.10. The Morgan fingerprint density at radius 3 is 2.75 bits per heavy atom. The van der Waals surface area contributed by atoms with E-state index in [4.69, 9.17) is 9.47 Å². The van der Waals surface area contributed by atoms with Crippen molar-refractivity contribution in [2.45, 2.75) is 51.7 Å². The topological polar surface area (TPSA) is 96.9 Å². The molecule has 1 fully saturated rings.